The van der Waals surface area contributed by atoms with Crippen LogP contribution in [0.5, 0.6) is 5.75 Å². The first-order valence-corrected chi connectivity index (χ1v) is 11.1. The van der Waals surface area contributed by atoms with E-state index >= 15 is 0 Å². The zero-order chi connectivity index (χ0) is 20.7. The van der Waals surface area contributed by atoms with E-state index in [-0.39, 0.29) is 11.4 Å². The number of nitrogens with one attached hydrogen (secondary N) is 1. The predicted octanol–water partition coefficient (Wildman–Crippen LogP) is 4.03. The van der Waals surface area contributed by atoms with Crippen LogP contribution in [-0.2, 0) is 11.3 Å². The van der Waals surface area contributed by atoms with Crippen molar-refractivity contribution in [1.29, 1.82) is 0 Å². The Balaban J connectivity index is 1.33. The van der Waals surface area contributed by atoms with Gasteiger partial charge in [0.15, 0.2) is 0 Å². The minimum Gasteiger partial charge on any atom is -0.489 e. The first-order chi connectivity index (χ1) is 14.8. The molecule has 2 aliphatic heterocycles. The third-order valence-corrected chi connectivity index (χ3v) is 6.39. The molecule has 5 heteroatoms. The lowest BCUT2D eigenvalue weighted by Crippen LogP contribution is -2.59. The quantitative estimate of drug-likeness (QED) is 0.752. The number of likely N-dealkylation sites (tertiary alicyclic amines) is 1. The van der Waals surface area contributed by atoms with E-state index in [1.807, 2.05) is 54.6 Å². The molecule has 30 heavy (non-hydrogen) atoms. The lowest BCUT2D eigenvalue weighted by Gasteiger charge is -2.48. The van der Waals surface area contributed by atoms with E-state index in [1.165, 1.54) is 19.3 Å². The zero-order valence-electron chi connectivity index (χ0n) is 17.6. The Hall–Kier alpha value is -2.37. The summed E-state index contributed by atoms with van der Waals surface area (Å²) in [5.41, 5.74) is 1.78. The second-order valence-electron chi connectivity index (χ2n) is 8.37. The summed E-state index contributed by atoms with van der Waals surface area (Å²) in [6.45, 7) is 5.00. The molecule has 0 unspecified atom stereocenters. The van der Waals surface area contributed by atoms with Crippen LogP contribution in [0.1, 0.15) is 48.0 Å². The molecule has 2 fully saturated rings. The summed E-state index contributed by atoms with van der Waals surface area (Å²) in [6, 6.07) is 17.5. The van der Waals surface area contributed by atoms with Crippen molar-refractivity contribution < 1.29 is 14.3 Å². The smallest absolute Gasteiger partial charge is 0.251 e. The first-order valence-electron chi connectivity index (χ1n) is 11.1. The number of ether oxygens (including phenoxy) is 2. The van der Waals surface area contributed by atoms with Gasteiger partial charge in [0, 0.05) is 30.9 Å². The molecule has 2 aromatic rings. The fourth-order valence-electron chi connectivity index (χ4n) is 4.51. The predicted molar refractivity (Wildman–Crippen MR) is 118 cm³/mol. The number of carbonyl (C=O) groups excluding carboxylic acids is 1. The number of hydrogen-bond donors (Lipinski definition) is 1. The summed E-state index contributed by atoms with van der Waals surface area (Å²) >= 11 is 0. The Kier molecular flexibility index (Phi) is 7.03. The van der Waals surface area contributed by atoms with E-state index in [9.17, 15) is 4.79 Å². The van der Waals surface area contributed by atoms with Crippen molar-refractivity contribution in [2.45, 2.75) is 44.2 Å². The average Bonchev–Trinajstić information content (AvgIpc) is 2.83. The van der Waals surface area contributed by atoms with Crippen molar-refractivity contribution >= 4 is 5.91 Å². The fraction of sp³-hybridized carbons (Fsp3) is 0.480. The molecule has 0 atom stereocenters. The number of carbonyl (C=O) groups is 1. The summed E-state index contributed by atoms with van der Waals surface area (Å²) in [4.78, 5) is 15.4. The fourth-order valence-corrected chi connectivity index (χ4v) is 4.51. The van der Waals surface area contributed by atoms with Crippen molar-refractivity contribution in [2.75, 3.05) is 32.8 Å². The van der Waals surface area contributed by atoms with E-state index in [0.717, 1.165) is 50.5 Å². The molecule has 2 saturated heterocycles. The lowest BCUT2D eigenvalue weighted by molar-refractivity contribution is -0.0349. The van der Waals surface area contributed by atoms with Crippen LogP contribution in [0.2, 0.25) is 0 Å². The largest absolute Gasteiger partial charge is 0.489 e. The molecule has 2 heterocycles. The maximum Gasteiger partial charge on any atom is 0.251 e. The van der Waals surface area contributed by atoms with Gasteiger partial charge in [-0.15, -0.1) is 0 Å². The first kappa shape index (κ1) is 20.9. The van der Waals surface area contributed by atoms with Crippen LogP contribution in [0.4, 0.5) is 0 Å². The van der Waals surface area contributed by atoms with Crippen LogP contribution in [0.15, 0.2) is 54.6 Å². The molecule has 2 aliphatic rings. The highest BCUT2D eigenvalue weighted by Gasteiger charge is 2.39. The van der Waals surface area contributed by atoms with Crippen LogP contribution in [0.25, 0.3) is 0 Å². The van der Waals surface area contributed by atoms with E-state index in [0.29, 0.717) is 18.7 Å². The van der Waals surface area contributed by atoms with Crippen molar-refractivity contribution in [3.63, 3.8) is 0 Å². The molecule has 0 bridgehead atoms. The van der Waals surface area contributed by atoms with E-state index in [2.05, 4.69) is 10.2 Å². The van der Waals surface area contributed by atoms with Crippen LogP contribution in [-0.4, -0.2) is 49.2 Å². The monoisotopic (exact) mass is 408 g/mol. The highest BCUT2D eigenvalue weighted by atomic mass is 16.5. The molecule has 1 amide bonds. The number of piperidine rings is 1. The third-order valence-electron chi connectivity index (χ3n) is 6.39. The Bertz CT molecular complexity index is 795. The molecule has 0 aliphatic carbocycles. The molecular weight excluding hydrogens is 376 g/mol. The maximum atomic E-state index is 12.8. The molecule has 4 rings (SSSR count). The van der Waals surface area contributed by atoms with E-state index in [4.69, 9.17) is 9.47 Å². The second kappa shape index (κ2) is 10.1. The van der Waals surface area contributed by atoms with E-state index < -0.39 is 0 Å². The normalized spacial score (nSPS) is 19.2. The number of rotatable bonds is 7. The zero-order valence-corrected chi connectivity index (χ0v) is 17.6. The van der Waals surface area contributed by atoms with Crippen LogP contribution < -0.4 is 10.1 Å². The van der Waals surface area contributed by atoms with Crippen molar-refractivity contribution in [3.05, 3.63) is 65.7 Å². The maximum absolute atomic E-state index is 12.8. The molecule has 0 aromatic heterocycles. The second-order valence-corrected chi connectivity index (χ2v) is 8.37. The van der Waals surface area contributed by atoms with Gasteiger partial charge in [-0.05, 0) is 68.6 Å². The topological polar surface area (TPSA) is 50.8 Å². The number of hydrogen-bond acceptors (Lipinski definition) is 4. The molecular formula is C25H32N2O3. The minimum absolute atomic E-state index is 0.00611. The Morgan fingerprint density at radius 1 is 0.967 bits per heavy atom. The minimum atomic E-state index is -0.00611. The van der Waals surface area contributed by atoms with Gasteiger partial charge in [0.25, 0.3) is 5.91 Å². The van der Waals surface area contributed by atoms with Gasteiger partial charge in [-0.3, -0.25) is 9.69 Å². The third kappa shape index (κ3) is 5.21. The molecule has 0 spiro atoms. The SMILES string of the molecule is O=C(NCC1(N2CCCCC2)CCOCC1)c1ccc(COc2ccccc2)cc1. The molecule has 160 valence electrons. The average molecular weight is 409 g/mol. The lowest BCUT2D eigenvalue weighted by atomic mass is 9.86. The van der Waals surface area contributed by atoms with Crippen molar-refractivity contribution in [3.8, 4) is 5.75 Å². The van der Waals surface area contributed by atoms with Gasteiger partial charge >= 0.3 is 0 Å². The van der Waals surface area contributed by atoms with Gasteiger partial charge in [-0.1, -0.05) is 36.8 Å². The van der Waals surface area contributed by atoms with Crippen molar-refractivity contribution in [2.24, 2.45) is 0 Å². The highest BCUT2D eigenvalue weighted by molar-refractivity contribution is 5.94. The highest BCUT2D eigenvalue weighted by Crippen LogP contribution is 2.30. The number of amides is 1. The van der Waals surface area contributed by atoms with Gasteiger partial charge in [-0.25, -0.2) is 0 Å². The summed E-state index contributed by atoms with van der Waals surface area (Å²) in [5.74, 6) is 0.840. The van der Waals surface area contributed by atoms with Crippen LogP contribution in [0.3, 0.4) is 0 Å². The number of para-hydroxylation sites is 1. The van der Waals surface area contributed by atoms with Gasteiger partial charge in [0.2, 0.25) is 0 Å². The Labute approximate surface area is 179 Å². The standard InChI is InChI=1S/C25H32N2O3/c28-24(22-11-9-21(10-12-22)19-30-23-7-3-1-4-8-23)26-20-25(13-17-29-18-14-25)27-15-5-2-6-16-27/h1,3-4,7-12H,2,5-6,13-20H2,(H,26,28). The number of benzene rings is 2. The summed E-state index contributed by atoms with van der Waals surface area (Å²) < 4.78 is 11.4. The van der Waals surface area contributed by atoms with Gasteiger partial charge < -0.3 is 14.8 Å². The van der Waals surface area contributed by atoms with Crippen molar-refractivity contribution in [1.82, 2.24) is 10.2 Å². The molecule has 2 aromatic carbocycles. The molecule has 1 N–H and O–H groups in total. The molecule has 5 nitrogen and oxygen atoms in total. The van der Waals surface area contributed by atoms with Crippen LogP contribution >= 0.6 is 0 Å². The number of nitrogens with zero attached hydrogens (tertiary/aromatic N) is 1. The summed E-state index contributed by atoms with van der Waals surface area (Å²) in [6.07, 6.45) is 5.80. The van der Waals surface area contributed by atoms with Crippen LogP contribution in [0, 0.1) is 0 Å². The Morgan fingerprint density at radius 3 is 2.37 bits per heavy atom. The van der Waals surface area contributed by atoms with Gasteiger partial charge in [-0.2, -0.15) is 0 Å². The summed E-state index contributed by atoms with van der Waals surface area (Å²) in [5, 5.41) is 3.22. The molecule has 0 radical (unpaired) electrons. The van der Waals surface area contributed by atoms with Gasteiger partial charge in [0.1, 0.15) is 12.4 Å². The van der Waals surface area contributed by atoms with Gasteiger partial charge in [0.05, 0.1) is 0 Å². The Morgan fingerprint density at radius 2 is 1.67 bits per heavy atom. The summed E-state index contributed by atoms with van der Waals surface area (Å²) in [7, 11) is 0. The molecule has 0 saturated carbocycles. The van der Waals surface area contributed by atoms with E-state index in [1.54, 1.807) is 0 Å².